The van der Waals surface area contributed by atoms with E-state index in [1.54, 1.807) is 12.1 Å². The van der Waals surface area contributed by atoms with Crippen LogP contribution in [-0.2, 0) is 0 Å². The summed E-state index contributed by atoms with van der Waals surface area (Å²) in [4.78, 5) is 8.96. The zero-order valence-corrected chi connectivity index (χ0v) is 14.2. The highest BCUT2D eigenvalue weighted by atomic mass is 79.9. The van der Waals surface area contributed by atoms with E-state index in [0.717, 1.165) is 10.2 Å². The van der Waals surface area contributed by atoms with Crippen LogP contribution in [0, 0.1) is 0 Å². The predicted octanol–water partition coefficient (Wildman–Crippen LogP) is 6.21. The van der Waals surface area contributed by atoms with Gasteiger partial charge >= 0.3 is 0 Å². The summed E-state index contributed by atoms with van der Waals surface area (Å²) in [5, 5.41) is 3.69. The fourth-order valence-corrected chi connectivity index (χ4v) is 3.36. The summed E-state index contributed by atoms with van der Waals surface area (Å²) in [7, 11) is 0. The fraction of sp³-hybridized carbons (Fsp3) is 0. The summed E-state index contributed by atoms with van der Waals surface area (Å²) in [5.41, 5.74) is 0. The van der Waals surface area contributed by atoms with Crippen LogP contribution in [0.15, 0.2) is 28.1 Å². The molecule has 0 unspecified atom stereocenters. The maximum atomic E-state index is 6.13. The summed E-state index contributed by atoms with van der Waals surface area (Å²) in [6, 6.07) is 5.13. The van der Waals surface area contributed by atoms with E-state index in [2.05, 4.69) is 25.9 Å². The molecule has 0 saturated carbocycles. The topological polar surface area (TPSA) is 35.0 Å². The van der Waals surface area contributed by atoms with Crippen molar-refractivity contribution in [3.63, 3.8) is 0 Å². The van der Waals surface area contributed by atoms with Crippen molar-refractivity contribution in [2.24, 2.45) is 0 Å². The van der Waals surface area contributed by atoms with Gasteiger partial charge in [0.15, 0.2) is 0 Å². The summed E-state index contributed by atoms with van der Waals surface area (Å²) in [6.07, 6.45) is 0. The van der Waals surface area contributed by atoms with Crippen molar-refractivity contribution in [1.82, 2.24) is 9.97 Å². The molecule has 3 aromatic rings. The van der Waals surface area contributed by atoms with Gasteiger partial charge in [0.05, 0.1) is 15.4 Å². The molecule has 1 aromatic carbocycles. The van der Waals surface area contributed by atoms with Gasteiger partial charge in [0.25, 0.3) is 0 Å². The Hall–Kier alpha value is -0.590. The van der Waals surface area contributed by atoms with Crippen LogP contribution in [0.4, 0.5) is 0 Å². The van der Waals surface area contributed by atoms with Crippen LogP contribution < -0.4 is 4.74 Å². The Balaban J connectivity index is 2.09. The van der Waals surface area contributed by atoms with Crippen molar-refractivity contribution in [2.45, 2.75) is 0 Å². The molecule has 0 bridgehead atoms. The van der Waals surface area contributed by atoms with Crippen LogP contribution >= 0.6 is 62.1 Å². The molecule has 0 spiro atoms. The molecule has 0 aliphatic rings. The molecule has 102 valence electrons. The fourth-order valence-electron chi connectivity index (χ4n) is 1.57. The molecule has 0 radical (unpaired) electrons. The maximum Gasteiger partial charge on any atom is 0.232 e. The third kappa shape index (κ3) is 2.73. The number of aromatic nitrogens is 2. The third-order valence-corrected chi connectivity index (χ3v) is 4.91. The highest BCUT2D eigenvalue weighted by molar-refractivity contribution is 9.10. The molecular weight excluding hydrogens is 406 g/mol. The third-order valence-electron chi connectivity index (χ3n) is 2.44. The molecule has 2 aromatic heterocycles. The van der Waals surface area contributed by atoms with Crippen molar-refractivity contribution >= 4 is 72.3 Å². The summed E-state index contributed by atoms with van der Waals surface area (Å²) in [6.45, 7) is 0. The van der Waals surface area contributed by atoms with Crippen LogP contribution in [0.25, 0.3) is 10.2 Å². The Morgan fingerprint density at radius 1 is 1.10 bits per heavy atom. The smallest absolute Gasteiger partial charge is 0.232 e. The first-order valence-corrected chi connectivity index (χ1v) is 8.08. The number of fused-ring (bicyclic) bond motifs is 1. The van der Waals surface area contributed by atoms with Crippen LogP contribution in [-0.4, -0.2) is 9.97 Å². The molecule has 0 aliphatic carbocycles. The van der Waals surface area contributed by atoms with Crippen LogP contribution in [0.1, 0.15) is 0 Å². The molecule has 0 fully saturated rings. The molecule has 0 N–H and O–H groups in total. The van der Waals surface area contributed by atoms with E-state index in [4.69, 9.17) is 39.5 Å². The summed E-state index contributed by atoms with van der Waals surface area (Å²) in [5.74, 6) is 0.753. The second-order valence-corrected chi connectivity index (χ2v) is 6.64. The molecule has 8 heteroatoms. The molecule has 3 rings (SSSR count). The highest BCUT2D eigenvalue weighted by Gasteiger charge is 2.13. The van der Waals surface area contributed by atoms with Gasteiger partial charge in [-0.25, -0.2) is 4.98 Å². The second kappa shape index (κ2) is 5.66. The number of benzene rings is 1. The van der Waals surface area contributed by atoms with E-state index in [9.17, 15) is 0 Å². The Morgan fingerprint density at radius 3 is 2.70 bits per heavy atom. The largest absolute Gasteiger partial charge is 0.437 e. The normalized spacial score (nSPS) is 11.0. The first kappa shape index (κ1) is 14.4. The number of rotatable bonds is 2. The highest BCUT2D eigenvalue weighted by Crippen LogP contribution is 2.38. The van der Waals surface area contributed by atoms with Crippen molar-refractivity contribution < 1.29 is 4.74 Å². The van der Waals surface area contributed by atoms with E-state index < -0.39 is 0 Å². The average Bonchev–Trinajstić information content (AvgIpc) is 2.84. The van der Waals surface area contributed by atoms with E-state index in [1.165, 1.54) is 11.3 Å². The summed E-state index contributed by atoms with van der Waals surface area (Å²) < 4.78 is 6.42. The zero-order chi connectivity index (χ0) is 14.3. The van der Waals surface area contributed by atoms with E-state index >= 15 is 0 Å². The van der Waals surface area contributed by atoms with Gasteiger partial charge in [0.1, 0.15) is 10.6 Å². The minimum Gasteiger partial charge on any atom is -0.437 e. The van der Waals surface area contributed by atoms with Crippen molar-refractivity contribution in [3.05, 3.63) is 43.4 Å². The van der Waals surface area contributed by atoms with E-state index in [0.29, 0.717) is 26.1 Å². The van der Waals surface area contributed by atoms with Gasteiger partial charge in [0.2, 0.25) is 11.2 Å². The lowest BCUT2D eigenvalue weighted by Crippen LogP contribution is -1.92. The SMILES string of the molecule is Clc1nc(Oc2cc(Cl)c(Br)cc2Cl)c2ccsc2n1. The van der Waals surface area contributed by atoms with E-state index in [-0.39, 0.29) is 5.28 Å². The molecule has 20 heavy (non-hydrogen) atoms. The van der Waals surface area contributed by atoms with Crippen LogP contribution in [0.2, 0.25) is 15.3 Å². The number of hydrogen-bond acceptors (Lipinski definition) is 4. The summed E-state index contributed by atoms with van der Waals surface area (Å²) >= 11 is 22.8. The van der Waals surface area contributed by atoms with Crippen molar-refractivity contribution in [2.75, 3.05) is 0 Å². The minimum atomic E-state index is 0.120. The van der Waals surface area contributed by atoms with Gasteiger partial charge < -0.3 is 4.74 Å². The molecule has 0 amide bonds. The van der Waals surface area contributed by atoms with Crippen LogP contribution in [0.3, 0.4) is 0 Å². The number of thiophene rings is 1. The van der Waals surface area contributed by atoms with Crippen LogP contribution in [0.5, 0.6) is 11.6 Å². The lowest BCUT2D eigenvalue weighted by atomic mass is 10.3. The Kier molecular flexibility index (Phi) is 4.06. The number of nitrogens with zero attached hydrogens (tertiary/aromatic N) is 2. The number of ether oxygens (including phenoxy) is 1. The first-order chi connectivity index (χ1) is 9.54. The van der Waals surface area contributed by atoms with E-state index in [1.807, 2.05) is 11.4 Å². The molecular formula is C12H4BrCl3N2OS. The Labute approximate surface area is 141 Å². The molecule has 3 nitrogen and oxygen atoms in total. The Morgan fingerprint density at radius 2 is 1.90 bits per heavy atom. The standard InChI is InChI=1S/C12H4BrCl3N2OS/c13-6-3-8(15)9(4-7(6)14)19-10-5-1-2-20-11(5)18-12(16)17-10/h1-4H. The van der Waals surface area contributed by atoms with Gasteiger partial charge in [-0.3, -0.25) is 0 Å². The predicted molar refractivity (Wildman–Crippen MR) is 86.7 cm³/mol. The quantitative estimate of drug-likeness (QED) is 0.372. The van der Waals surface area contributed by atoms with Gasteiger partial charge in [-0.15, -0.1) is 11.3 Å². The first-order valence-electron chi connectivity index (χ1n) is 5.28. The van der Waals surface area contributed by atoms with Crippen molar-refractivity contribution in [1.29, 1.82) is 0 Å². The van der Waals surface area contributed by atoms with Gasteiger partial charge in [-0.2, -0.15) is 4.98 Å². The minimum absolute atomic E-state index is 0.120. The second-order valence-electron chi connectivity index (χ2n) is 3.74. The Bertz CT molecular complexity index is 809. The molecule has 0 saturated heterocycles. The van der Waals surface area contributed by atoms with Gasteiger partial charge in [0, 0.05) is 10.5 Å². The van der Waals surface area contributed by atoms with Gasteiger partial charge in [-0.05, 0) is 45.0 Å². The monoisotopic (exact) mass is 408 g/mol. The average molecular weight is 411 g/mol. The maximum absolute atomic E-state index is 6.13. The van der Waals surface area contributed by atoms with Crippen molar-refractivity contribution in [3.8, 4) is 11.6 Å². The zero-order valence-electron chi connectivity index (χ0n) is 9.53. The number of halogens is 4. The number of hydrogen-bond donors (Lipinski definition) is 0. The molecule has 2 heterocycles. The molecule has 0 aliphatic heterocycles. The lowest BCUT2D eigenvalue weighted by molar-refractivity contribution is 0.468. The lowest BCUT2D eigenvalue weighted by Gasteiger charge is -2.09. The molecule has 0 atom stereocenters. The van der Waals surface area contributed by atoms with Gasteiger partial charge in [-0.1, -0.05) is 23.2 Å².